The van der Waals surface area contributed by atoms with E-state index < -0.39 is 5.97 Å². The SMILES string of the molecule is O=C(O)c1cn(CCN(Cc2cccs2)C2CC2)nn1. The molecule has 6 nitrogen and oxygen atoms in total. The van der Waals surface area contributed by atoms with Crippen molar-refractivity contribution in [2.24, 2.45) is 0 Å². The molecule has 0 aliphatic heterocycles. The molecule has 1 saturated carbocycles. The van der Waals surface area contributed by atoms with Gasteiger partial charge in [0.15, 0.2) is 5.69 Å². The van der Waals surface area contributed by atoms with Crippen LogP contribution in [0.5, 0.6) is 0 Å². The molecule has 0 saturated heterocycles. The van der Waals surface area contributed by atoms with Crippen molar-refractivity contribution in [1.29, 1.82) is 0 Å². The van der Waals surface area contributed by atoms with Gasteiger partial charge in [0.25, 0.3) is 0 Å². The highest BCUT2D eigenvalue weighted by molar-refractivity contribution is 7.09. The van der Waals surface area contributed by atoms with E-state index in [0.717, 1.165) is 13.1 Å². The zero-order valence-corrected chi connectivity index (χ0v) is 11.8. The minimum absolute atomic E-state index is 0.00114. The molecule has 7 heteroatoms. The van der Waals surface area contributed by atoms with Crippen molar-refractivity contribution >= 4 is 17.3 Å². The maximum absolute atomic E-state index is 10.8. The van der Waals surface area contributed by atoms with Crippen LogP contribution in [0.1, 0.15) is 28.2 Å². The highest BCUT2D eigenvalue weighted by Gasteiger charge is 2.28. The first-order chi connectivity index (χ1) is 9.72. The highest BCUT2D eigenvalue weighted by Crippen LogP contribution is 2.28. The number of carboxylic acid groups (broad SMARTS) is 1. The molecule has 2 aromatic heterocycles. The second-order valence-electron chi connectivity index (χ2n) is 4.95. The molecular weight excluding hydrogens is 276 g/mol. The second kappa shape index (κ2) is 5.72. The first kappa shape index (κ1) is 13.3. The van der Waals surface area contributed by atoms with Gasteiger partial charge >= 0.3 is 5.97 Å². The Labute approximate surface area is 120 Å². The lowest BCUT2D eigenvalue weighted by molar-refractivity contribution is 0.0690. The molecule has 1 N–H and O–H groups in total. The molecule has 0 spiro atoms. The van der Waals surface area contributed by atoms with E-state index in [4.69, 9.17) is 5.11 Å². The Hall–Kier alpha value is -1.73. The van der Waals surface area contributed by atoms with Crippen LogP contribution in [0.2, 0.25) is 0 Å². The van der Waals surface area contributed by atoms with Gasteiger partial charge in [0.2, 0.25) is 0 Å². The number of thiophene rings is 1. The lowest BCUT2D eigenvalue weighted by Crippen LogP contribution is -2.29. The number of rotatable bonds is 7. The zero-order chi connectivity index (χ0) is 13.9. The Balaban J connectivity index is 1.57. The quantitative estimate of drug-likeness (QED) is 0.841. The van der Waals surface area contributed by atoms with Crippen molar-refractivity contribution in [3.05, 3.63) is 34.3 Å². The monoisotopic (exact) mass is 292 g/mol. The van der Waals surface area contributed by atoms with Crippen LogP contribution >= 0.6 is 11.3 Å². The number of nitrogens with zero attached hydrogens (tertiary/aromatic N) is 4. The molecule has 0 unspecified atom stereocenters. The van der Waals surface area contributed by atoms with Gasteiger partial charge in [-0.15, -0.1) is 16.4 Å². The third kappa shape index (κ3) is 3.23. The number of hydrogen-bond donors (Lipinski definition) is 1. The highest BCUT2D eigenvalue weighted by atomic mass is 32.1. The number of carbonyl (C=O) groups is 1. The summed E-state index contributed by atoms with van der Waals surface area (Å²) in [4.78, 5) is 14.6. The van der Waals surface area contributed by atoms with E-state index in [0.29, 0.717) is 12.6 Å². The molecular formula is C13H16N4O2S. The largest absolute Gasteiger partial charge is 0.476 e. The Kier molecular flexibility index (Phi) is 3.79. The van der Waals surface area contributed by atoms with Crippen molar-refractivity contribution in [2.45, 2.75) is 32.0 Å². The fourth-order valence-electron chi connectivity index (χ4n) is 2.17. The summed E-state index contributed by atoms with van der Waals surface area (Å²) < 4.78 is 1.60. The fraction of sp³-hybridized carbons (Fsp3) is 0.462. The molecule has 0 amide bonds. The molecule has 0 atom stereocenters. The van der Waals surface area contributed by atoms with Crippen LogP contribution in [-0.2, 0) is 13.1 Å². The van der Waals surface area contributed by atoms with Gasteiger partial charge in [-0.05, 0) is 24.3 Å². The minimum atomic E-state index is -1.03. The van der Waals surface area contributed by atoms with Gasteiger partial charge in [-0.25, -0.2) is 4.79 Å². The lowest BCUT2D eigenvalue weighted by atomic mass is 10.4. The minimum Gasteiger partial charge on any atom is -0.476 e. The average Bonchev–Trinajstić information content (AvgIpc) is 2.95. The molecule has 0 aromatic carbocycles. The summed E-state index contributed by atoms with van der Waals surface area (Å²) in [5, 5.41) is 18.4. The molecule has 3 rings (SSSR count). The molecule has 1 fully saturated rings. The predicted octanol–water partition coefficient (Wildman–Crippen LogP) is 1.70. The fourth-order valence-corrected chi connectivity index (χ4v) is 2.90. The summed E-state index contributed by atoms with van der Waals surface area (Å²) in [5.41, 5.74) is 0.00114. The molecule has 0 bridgehead atoms. The normalized spacial score (nSPS) is 14.8. The van der Waals surface area contributed by atoms with E-state index in [1.807, 2.05) is 0 Å². The molecule has 20 heavy (non-hydrogen) atoms. The van der Waals surface area contributed by atoms with Crippen molar-refractivity contribution in [3.63, 3.8) is 0 Å². The Bertz CT molecular complexity index is 577. The van der Waals surface area contributed by atoms with Crippen LogP contribution in [0.25, 0.3) is 0 Å². The Morgan fingerprint density at radius 3 is 3.00 bits per heavy atom. The van der Waals surface area contributed by atoms with Gasteiger partial charge in [0.05, 0.1) is 12.7 Å². The summed E-state index contributed by atoms with van der Waals surface area (Å²) in [6.07, 6.45) is 3.99. The summed E-state index contributed by atoms with van der Waals surface area (Å²) in [6, 6.07) is 4.89. The van der Waals surface area contributed by atoms with Crippen molar-refractivity contribution in [3.8, 4) is 0 Å². The molecule has 106 valence electrons. The molecule has 1 aliphatic rings. The summed E-state index contributed by atoms with van der Waals surface area (Å²) >= 11 is 1.77. The van der Waals surface area contributed by atoms with E-state index in [1.165, 1.54) is 23.9 Å². The van der Waals surface area contributed by atoms with E-state index in [-0.39, 0.29) is 5.69 Å². The Morgan fingerprint density at radius 2 is 2.40 bits per heavy atom. The smallest absolute Gasteiger partial charge is 0.358 e. The topological polar surface area (TPSA) is 71.2 Å². The third-order valence-corrected chi connectivity index (χ3v) is 4.24. The number of carboxylic acids is 1. The maximum Gasteiger partial charge on any atom is 0.358 e. The van der Waals surface area contributed by atoms with Crippen LogP contribution in [0, 0.1) is 0 Å². The number of aromatic nitrogens is 3. The summed E-state index contributed by atoms with van der Waals surface area (Å²) in [7, 11) is 0. The maximum atomic E-state index is 10.8. The van der Waals surface area contributed by atoms with Crippen LogP contribution in [-0.4, -0.2) is 43.6 Å². The van der Waals surface area contributed by atoms with Crippen molar-refractivity contribution in [1.82, 2.24) is 19.9 Å². The van der Waals surface area contributed by atoms with E-state index in [1.54, 1.807) is 16.0 Å². The van der Waals surface area contributed by atoms with Gasteiger partial charge in [-0.3, -0.25) is 9.58 Å². The van der Waals surface area contributed by atoms with Crippen LogP contribution in [0.3, 0.4) is 0 Å². The van der Waals surface area contributed by atoms with E-state index in [2.05, 4.69) is 32.7 Å². The summed E-state index contributed by atoms with van der Waals surface area (Å²) in [6.45, 7) is 2.50. The van der Waals surface area contributed by atoms with E-state index >= 15 is 0 Å². The first-order valence-corrected chi connectivity index (χ1v) is 7.50. The lowest BCUT2D eigenvalue weighted by Gasteiger charge is -2.20. The molecule has 2 heterocycles. The van der Waals surface area contributed by atoms with Crippen molar-refractivity contribution in [2.75, 3.05) is 6.54 Å². The molecule has 0 radical (unpaired) electrons. The zero-order valence-electron chi connectivity index (χ0n) is 11.0. The van der Waals surface area contributed by atoms with Crippen LogP contribution in [0.15, 0.2) is 23.7 Å². The van der Waals surface area contributed by atoms with Gasteiger partial charge in [-0.2, -0.15) is 0 Å². The van der Waals surface area contributed by atoms with Crippen molar-refractivity contribution < 1.29 is 9.90 Å². The van der Waals surface area contributed by atoms with Gasteiger partial charge < -0.3 is 5.11 Å². The van der Waals surface area contributed by atoms with Gasteiger partial charge in [-0.1, -0.05) is 11.3 Å². The number of aromatic carboxylic acids is 1. The number of hydrogen-bond acceptors (Lipinski definition) is 5. The van der Waals surface area contributed by atoms with Crippen LogP contribution in [0.4, 0.5) is 0 Å². The predicted molar refractivity (Wildman–Crippen MR) is 74.7 cm³/mol. The van der Waals surface area contributed by atoms with Crippen LogP contribution < -0.4 is 0 Å². The Morgan fingerprint density at radius 1 is 1.55 bits per heavy atom. The first-order valence-electron chi connectivity index (χ1n) is 6.62. The third-order valence-electron chi connectivity index (χ3n) is 3.38. The average molecular weight is 292 g/mol. The second-order valence-corrected chi connectivity index (χ2v) is 5.99. The van der Waals surface area contributed by atoms with Gasteiger partial charge in [0.1, 0.15) is 0 Å². The molecule has 1 aliphatic carbocycles. The summed E-state index contributed by atoms with van der Waals surface area (Å²) in [5.74, 6) is -1.03. The van der Waals surface area contributed by atoms with Gasteiger partial charge in [0, 0.05) is 24.0 Å². The standard InChI is InChI=1S/C13H16N4O2S/c18-13(19)12-9-17(15-14-12)6-5-16(10-3-4-10)8-11-2-1-7-20-11/h1-2,7,9-10H,3-6,8H2,(H,18,19). The van der Waals surface area contributed by atoms with E-state index in [9.17, 15) is 4.79 Å². The molecule has 2 aromatic rings.